The van der Waals surface area contributed by atoms with Gasteiger partial charge in [0.1, 0.15) is 0 Å². The molecule has 1 aromatic carbocycles. The number of hydrogen-bond donors (Lipinski definition) is 4. The van der Waals surface area contributed by atoms with E-state index in [1.165, 1.54) is 0 Å². The molecule has 0 unspecified atom stereocenters. The van der Waals surface area contributed by atoms with E-state index >= 15 is 0 Å². The van der Waals surface area contributed by atoms with Crippen molar-refractivity contribution in [1.29, 1.82) is 0 Å². The fourth-order valence-electron chi connectivity index (χ4n) is 0.629. The Bertz CT molecular complexity index is 194. The van der Waals surface area contributed by atoms with Crippen LogP contribution in [0.2, 0.25) is 0 Å². The van der Waals surface area contributed by atoms with Crippen molar-refractivity contribution < 1.29 is 5.21 Å². The van der Waals surface area contributed by atoms with Crippen LogP contribution >= 0.6 is 12.1 Å². The Morgan fingerprint density at radius 1 is 1.18 bits per heavy atom. The Morgan fingerprint density at radius 3 is 2.55 bits per heavy atom. The summed E-state index contributed by atoms with van der Waals surface area (Å²) in [6, 6.07) is 9.58. The highest BCUT2D eigenvalue weighted by Gasteiger charge is 1.85. The monoisotopic (exact) mass is 171 g/mol. The van der Waals surface area contributed by atoms with Gasteiger partial charge in [-0.05, 0) is 12.1 Å². The molecule has 0 bridgehead atoms. The first-order chi connectivity index (χ1) is 5.43. The zero-order valence-corrected chi connectivity index (χ0v) is 6.56. The molecule has 1 rings (SSSR count). The van der Waals surface area contributed by atoms with E-state index in [0.717, 1.165) is 17.8 Å². The Labute approximate surface area is 69.2 Å². The summed E-state index contributed by atoms with van der Waals surface area (Å²) in [5.41, 5.74) is 3.78. The van der Waals surface area contributed by atoms with E-state index in [4.69, 9.17) is 5.21 Å². The Hall–Kier alpha value is -0.750. The lowest BCUT2D eigenvalue weighted by Gasteiger charge is -2.04. The van der Waals surface area contributed by atoms with Crippen molar-refractivity contribution >= 4 is 17.8 Å². The molecule has 0 aromatic heterocycles. The standard InChI is InChI=1S/C6H9N3OS/c10-9-11-8-7-6-4-2-1-3-5-6/h1-5,7-10H. The summed E-state index contributed by atoms with van der Waals surface area (Å²) in [5, 5.41) is 8.15. The van der Waals surface area contributed by atoms with Gasteiger partial charge in [0.15, 0.2) is 0 Å². The maximum absolute atomic E-state index is 8.15. The van der Waals surface area contributed by atoms with Crippen molar-refractivity contribution in [2.75, 3.05) is 5.43 Å². The average molecular weight is 171 g/mol. The lowest BCUT2D eigenvalue weighted by Crippen LogP contribution is -2.17. The molecule has 0 aliphatic rings. The molecule has 4 nitrogen and oxygen atoms in total. The third-order valence-corrected chi connectivity index (χ3v) is 1.36. The van der Waals surface area contributed by atoms with Crippen LogP contribution in [0.5, 0.6) is 0 Å². The Balaban J connectivity index is 2.28. The van der Waals surface area contributed by atoms with Gasteiger partial charge in [-0.15, -0.1) is 4.89 Å². The van der Waals surface area contributed by atoms with Gasteiger partial charge in [-0.25, -0.2) is 0 Å². The summed E-state index contributed by atoms with van der Waals surface area (Å²) in [7, 11) is 0. The summed E-state index contributed by atoms with van der Waals surface area (Å²) in [6.07, 6.45) is 0. The zero-order valence-electron chi connectivity index (χ0n) is 5.74. The first-order valence-electron chi connectivity index (χ1n) is 3.04. The molecule has 4 N–H and O–H groups in total. The minimum Gasteiger partial charge on any atom is -0.311 e. The van der Waals surface area contributed by atoms with Crippen LogP contribution in [0, 0.1) is 0 Å². The molecular formula is C6H9N3OS. The SMILES string of the molecule is ONSNNc1ccccc1. The van der Waals surface area contributed by atoms with E-state index in [0.29, 0.717) is 0 Å². The van der Waals surface area contributed by atoms with Crippen LogP contribution in [0.3, 0.4) is 0 Å². The molecule has 0 amide bonds. The zero-order chi connectivity index (χ0) is 7.94. The smallest absolute Gasteiger partial charge is 0.0497 e. The van der Waals surface area contributed by atoms with E-state index in [2.05, 4.69) is 10.3 Å². The Kier molecular flexibility index (Phi) is 3.77. The molecule has 0 spiro atoms. The van der Waals surface area contributed by atoms with Crippen molar-refractivity contribution in [3.63, 3.8) is 0 Å². The molecule has 11 heavy (non-hydrogen) atoms. The topological polar surface area (TPSA) is 56.3 Å². The van der Waals surface area contributed by atoms with Gasteiger partial charge in [0.2, 0.25) is 0 Å². The second kappa shape index (κ2) is 4.97. The molecule has 0 saturated heterocycles. The molecule has 0 atom stereocenters. The number of para-hydroxylation sites is 1. The van der Waals surface area contributed by atoms with E-state index in [1.54, 1.807) is 0 Å². The number of anilines is 1. The van der Waals surface area contributed by atoms with Crippen LogP contribution in [0.1, 0.15) is 0 Å². The van der Waals surface area contributed by atoms with Gasteiger partial charge >= 0.3 is 0 Å². The summed E-state index contributed by atoms with van der Waals surface area (Å²) < 4.78 is 0. The van der Waals surface area contributed by atoms with Crippen molar-refractivity contribution in [2.45, 2.75) is 0 Å². The first-order valence-corrected chi connectivity index (χ1v) is 3.86. The fraction of sp³-hybridized carbons (Fsp3) is 0. The second-order valence-electron chi connectivity index (χ2n) is 1.79. The predicted molar refractivity (Wildman–Crippen MR) is 45.7 cm³/mol. The van der Waals surface area contributed by atoms with Crippen LogP contribution in [0.4, 0.5) is 5.69 Å². The van der Waals surface area contributed by atoms with E-state index < -0.39 is 0 Å². The van der Waals surface area contributed by atoms with E-state index in [-0.39, 0.29) is 0 Å². The minimum absolute atomic E-state index is 0.940. The third-order valence-electron chi connectivity index (χ3n) is 1.07. The van der Waals surface area contributed by atoms with Gasteiger partial charge in [0.05, 0.1) is 0 Å². The molecule has 0 aliphatic carbocycles. The van der Waals surface area contributed by atoms with E-state index in [9.17, 15) is 0 Å². The number of hydrazine groups is 1. The molecule has 60 valence electrons. The number of rotatable bonds is 4. The fourth-order valence-corrected chi connectivity index (χ4v) is 0.843. The molecule has 0 aliphatic heterocycles. The van der Waals surface area contributed by atoms with Crippen molar-refractivity contribution in [3.05, 3.63) is 30.3 Å². The van der Waals surface area contributed by atoms with Crippen molar-refractivity contribution in [3.8, 4) is 0 Å². The van der Waals surface area contributed by atoms with Gasteiger partial charge in [-0.3, -0.25) is 0 Å². The summed E-state index contributed by atoms with van der Waals surface area (Å²) >= 11 is 0.947. The van der Waals surface area contributed by atoms with Crippen molar-refractivity contribution in [1.82, 2.24) is 9.72 Å². The van der Waals surface area contributed by atoms with Crippen molar-refractivity contribution in [2.24, 2.45) is 0 Å². The Morgan fingerprint density at radius 2 is 1.91 bits per heavy atom. The molecule has 0 heterocycles. The summed E-state index contributed by atoms with van der Waals surface area (Å²) in [6.45, 7) is 0. The lowest BCUT2D eigenvalue weighted by molar-refractivity contribution is 0.258. The van der Waals surface area contributed by atoms with Gasteiger partial charge in [-0.2, -0.15) is 4.83 Å². The highest BCUT2D eigenvalue weighted by atomic mass is 32.2. The van der Waals surface area contributed by atoms with Crippen LogP contribution in [-0.4, -0.2) is 5.21 Å². The highest BCUT2D eigenvalue weighted by Crippen LogP contribution is 2.03. The van der Waals surface area contributed by atoms with Gasteiger partial charge < -0.3 is 10.6 Å². The molecule has 5 heteroatoms. The molecule has 1 aromatic rings. The lowest BCUT2D eigenvalue weighted by atomic mass is 10.3. The maximum atomic E-state index is 8.15. The van der Waals surface area contributed by atoms with Gasteiger partial charge in [0.25, 0.3) is 0 Å². The number of nitrogens with one attached hydrogen (secondary N) is 3. The minimum atomic E-state index is 0.940. The molecule has 0 radical (unpaired) electrons. The average Bonchev–Trinajstić information content (AvgIpc) is 2.07. The number of hydrogen-bond acceptors (Lipinski definition) is 5. The van der Waals surface area contributed by atoms with Gasteiger partial charge in [-0.1, -0.05) is 18.2 Å². The summed E-state index contributed by atoms with van der Waals surface area (Å²) in [4.78, 5) is 4.54. The molecule has 0 fully saturated rings. The van der Waals surface area contributed by atoms with Crippen LogP contribution in [0.15, 0.2) is 30.3 Å². The third kappa shape index (κ3) is 3.24. The number of benzene rings is 1. The molecular weight excluding hydrogens is 162 g/mol. The largest absolute Gasteiger partial charge is 0.311 e. The van der Waals surface area contributed by atoms with Crippen LogP contribution in [0.25, 0.3) is 0 Å². The highest BCUT2D eigenvalue weighted by molar-refractivity contribution is 7.95. The van der Waals surface area contributed by atoms with Gasteiger partial charge in [0, 0.05) is 17.8 Å². The predicted octanol–water partition coefficient (Wildman–Crippen LogP) is 1.15. The first kappa shape index (κ1) is 8.35. The summed E-state index contributed by atoms with van der Waals surface area (Å²) in [5.74, 6) is 0. The quantitative estimate of drug-likeness (QED) is 0.311. The maximum Gasteiger partial charge on any atom is 0.0497 e. The van der Waals surface area contributed by atoms with Crippen LogP contribution < -0.4 is 15.1 Å². The van der Waals surface area contributed by atoms with E-state index in [1.807, 2.05) is 35.2 Å². The normalized spacial score (nSPS) is 9.55. The second-order valence-corrected chi connectivity index (χ2v) is 2.38. The molecule has 0 saturated carbocycles. The van der Waals surface area contributed by atoms with Crippen LogP contribution in [-0.2, 0) is 0 Å².